The predicted octanol–water partition coefficient (Wildman–Crippen LogP) is 1.27. The summed E-state index contributed by atoms with van der Waals surface area (Å²) in [6, 6.07) is -0.0624. The van der Waals surface area contributed by atoms with Gasteiger partial charge in [-0.2, -0.15) is 0 Å². The topological polar surface area (TPSA) is 73.6 Å². The maximum absolute atomic E-state index is 11.3. The van der Waals surface area contributed by atoms with Crippen molar-refractivity contribution in [1.82, 2.24) is 5.32 Å². The third-order valence-electron chi connectivity index (χ3n) is 1.62. The summed E-state index contributed by atoms with van der Waals surface area (Å²) in [6.45, 7) is 9.06. The Kier molecular flexibility index (Phi) is 7.08. The number of nitrogens with two attached hydrogens (primary N) is 1. The van der Waals surface area contributed by atoms with Crippen LogP contribution in [0.1, 0.15) is 34.1 Å². The number of carbonyl (C=O) groups excluding carboxylic acids is 1. The van der Waals surface area contributed by atoms with E-state index in [1.54, 1.807) is 0 Å². The molecular weight excluding hydrogens is 208 g/mol. The molecule has 0 radical (unpaired) electrons. The van der Waals surface area contributed by atoms with E-state index in [-0.39, 0.29) is 6.04 Å². The fourth-order valence-corrected chi connectivity index (χ4v) is 0.996. The van der Waals surface area contributed by atoms with Gasteiger partial charge in [-0.05, 0) is 40.7 Å². The van der Waals surface area contributed by atoms with Crippen molar-refractivity contribution >= 4 is 6.09 Å². The Hall–Kier alpha value is -0.810. The van der Waals surface area contributed by atoms with Gasteiger partial charge in [0.25, 0.3) is 0 Å². The molecule has 0 aliphatic rings. The van der Waals surface area contributed by atoms with Gasteiger partial charge in [-0.3, -0.25) is 0 Å². The van der Waals surface area contributed by atoms with Crippen molar-refractivity contribution in [2.24, 2.45) is 5.73 Å². The molecule has 0 rings (SSSR count). The molecule has 0 spiro atoms. The van der Waals surface area contributed by atoms with Crippen LogP contribution in [-0.2, 0) is 9.47 Å². The second kappa shape index (κ2) is 7.46. The van der Waals surface area contributed by atoms with Gasteiger partial charge in [-0.1, -0.05) is 0 Å². The molecule has 0 aromatic rings. The summed E-state index contributed by atoms with van der Waals surface area (Å²) in [5.74, 6) is 0. The van der Waals surface area contributed by atoms with E-state index in [0.717, 1.165) is 6.42 Å². The van der Waals surface area contributed by atoms with E-state index in [0.29, 0.717) is 19.8 Å². The minimum absolute atomic E-state index is 0.0624. The highest BCUT2D eigenvalue weighted by molar-refractivity contribution is 5.68. The second-order valence-corrected chi connectivity index (χ2v) is 4.76. The highest BCUT2D eigenvalue weighted by Crippen LogP contribution is 2.06. The third kappa shape index (κ3) is 9.73. The largest absolute Gasteiger partial charge is 0.444 e. The normalized spacial score (nSPS) is 13.3. The number of nitrogens with one attached hydrogen (secondary N) is 1. The molecule has 0 aliphatic heterocycles. The molecule has 0 aliphatic carbocycles. The number of amides is 1. The first-order chi connectivity index (χ1) is 7.35. The lowest BCUT2D eigenvalue weighted by atomic mass is 10.2. The Balaban J connectivity index is 3.62. The Labute approximate surface area is 97.7 Å². The van der Waals surface area contributed by atoms with Crippen LogP contribution >= 0.6 is 0 Å². The Bertz CT molecular complexity index is 202. The molecule has 96 valence electrons. The molecule has 0 saturated carbocycles. The van der Waals surface area contributed by atoms with Gasteiger partial charge in [0.2, 0.25) is 0 Å². The minimum atomic E-state index is -0.468. The number of carbonyl (C=O) groups is 1. The van der Waals surface area contributed by atoms with Gasteiger partial charge in [0.15, 0.2) is 0 Å². The van der Waals surface area contributed by atoms with E-state index in [1.807, 2.05) is 27.7 Å². The fraction of sp³-hybridized carbons (Fsp3) is 0.909. The number of hydrogen-bond acceptors (Lipinski definition) is 4. The fourth-order valence-electron chi connectivity index (χ4n) is 0.996. The molecular formula is C11H24N2O3. The van der Waals surface area contributed by atoms with Crippen molar-refractivity contribution in [3.63, 3.8) is 0 Å². The maximum atomic E-state index is 11.3. The lowest BCUT2D eigenvalue weighted by Gasteiger charge is -2.21. The lowest BCUT2D eigenvalue weighted by Crippen LogP contribution is -2.39. The summed E-state index contributed by atoms with van der Waals surface area (Å²) in [5.41, 5.74) is 4.86. The van der Waals surface area contributed by atoms with E-state index in [2.05, 4.69) is 5.32 Å². The smallest absolute Gasteiger partial charge is 0.407 e. The first-order valence-corrected chi connectivity index (χ1v) is 5.62. The molecule has 1 amide bonds. The zero-order chi connectivity index (χ0) is 12.6. The number of hydrogen-bond donors (Lipinski definition) is 2. The minimum Gasteiger partial charge on any atom is -0.444 e. The molecule has 0 unspecified atom stereocenters. The average molecular weight is 232 g/mol. The molecule has 0 bridgehead atoms. The first kappa shape index (κ1) is 15.2. The van der Waals surface area contributed by atoms with Crippen molar-refractivity contribution in [1.29, 1.82) is 0 Å². The second-order valence-electron chi connectivity index (χ2n) is 4.76. The molecule has 5 heteroatoms. The number of ether oxygens (including phenoxy) is 2. The van der Waals surface area contributed by atoms with Crippen molar-refractivity contribution in [3.8, 4) is 0 Å². The van der Waals surface area contributed by atoms with Crippen LogP contribution in [-0.4, -0.2) is 37.5 Å². The highest BCUT2D eigenvalue weighted by Gasteiger charge is 2.17. The van der Waals surface area contributed by atoms with Crippen LogP contribution < -0.4 is 11.1 Å². The van der Waals surface area contributed by atoms with Gasteiger partial charge in [-0.25, -0.2) is 4.79 Å². The van der Waals surface area contributed by atoms with Gasteiger partial charge in [0.1, 0.15) is 5.60 Å². The number of rotatable bonds is 6. The van der Waals surface area contributed by atoms with Crippen molar-refractivity contribution in [2.75, 3.05) is 19.8 Å². The molecule has 1 atom stereocenters. The van der Waals surface area contributed by atoms with Crippen LogP contribution in [0.25, 0.3) is 0 Å². The van der Waals surface area contributed by atoms with Crippen LogP contribution in [0.4, 0.5) is 4.79 Å². The van der Waals surface area contributed by atoms with Gasteiger partial charge < -0.3 is 20.5 Å². The van der Waals surface area contributed by atoms with Crippen LogP contribution in [0.2, 0.25) is 0 Å². The highest BCUT2D eigenvalue weighted by atomic mass is 16.6. The van der Waals surface area contributed by atoms with Gasteiger partial charge in [0, 0.05) is 6.61 Å². The van der Waals surface area contributed by atoms with E-state index in [9.17, 15) is 4.79 Å². The van der Waals surface area contributed by atoms with Crippen LogP contribution in [0, 0.1) is 0 Å². The standard InChI is InChI=1S/C11H24N2O3/c1-9(8-15-7-5-6-12)13-10(14)16-11(2,3)4/h9H,5-8,12H2,1-4H3,(H,13,14)/t9-/m0/s1. The molecule has 0 aromatic heterocycles. The van der Waals surface area contributed by atoms with Crippen molar-refractivity contribution < 1.29 is 14.3 Å². The third-order valence-corrected chi connectivity index (χ3v) is 1.62. The summed E-state index contributed by atoms with van der Waals surface area (Å²) in [4.78, 5) is 11.3. The zero-order valence-corrected chi connectivity index (χ0v) is 10.7. The molecule has 0 heterocycles. The van der Waals surface area contributed by atoms with Crippen LogP contribution in [0.3, 0.4) is 0 Å². The van der Waals surface area contributed by atoms with E-state index in [4.69, 9.17) is 15.2 Å². The quantitative estimate of drug-likeness (QED) is 0.676. The molecule has 0 saturated heterocycles. The molecule has 3 N–H and O–H groups in total. The van der Waals surface area contributed by atoms with Gasteiger partial charge in [0.05, 0.1) is 12.6 Å². The van der Waals surface area contributed by atoms with Gasteiger partial charge >= 0.3 is 6.09 Å². The molecule has 0 fully saturated rings. The van der Waals surface area contributed by atoms with E-state index < -0.39 is 11.7 Å². The Morgan fingerprint density at radius 2 is 2.06 bits per heavy atom. The van der Waals surface area contributed by atoms with E-state index in [1.165, 1.54) is 0 Å². The monoisotopic (exact) mass is 232 g/mol. The summed E-state index contributed by atoms with van der Waals surface area (Å²) in [5, 5.41) is 2.70. The van der Waals surface area contributed by atoms with Crippen molar-refractivity contribution in [3.05, 3.63) is 0 Å². The maximum Gasteiger partial charge on any atom is 0.407 e. The molecule has 5 nitrogen and oxygen atoms in total. The SMILES string of the molecule is C[C@@H](COCCCN)NC(=O)OC(C)(C)C. The first-order valence-electron chi connectivity index (χ1n) is 5.62. The summed E-state index contributed by atoms with van der Waals surface area (Å²) < 4.78 is 10.4. The van der Waals surface area contributed by atoms with Crippen LogP contribution in [0.5, 0.6) is 0 Å². The van der Waals surface area contributed by atoms with E-state index >= 15 is 0 Å². The average Bonchev–Trinajstić information content (AvgIpc) is 2.09. The van der Waals surface area contributed by atoms with Crippen molar-refractivity contribution in [2.45, 2.75) is 45.8 Å². The Morgan fingerprint density at radius 1 is 1.44 bits per heavy atom. The number of alkyl carbamates (subject to hydrolysis) is 1. The summed E-state index contributed by atoms with van der Waals surface area (Å²) >= 11 is 0. The summed E-state index contributed by atoms with van der Waals surface area (Å²) in [6.07, 6.45) is 0.418. The molecule has 0 aromatic carbocycles. The van der Waals surface area contributed by atoms with Gasteiger partial charge in [-0.15, -0.1) is 0 Å². The predicted molar refractivity (Wildman–Crippen MR) is 63.3 cm³/mol. The van der Waals surface area contributed by atoms with Crippen LogP contribution in [0.15, 0.2) is 0 Å². The Morgan fingerprint density at radius 3 is 2.56 bits per heavy atom. The summed E-state index contributed by atoms with van der Waals surface area (Å²) in [7, 11) is 0. The zero-order valence-electron chi connectivity index (χ0n) is 10.7. The molecule has 16 heavy (non-hydrogen) atoms. The lowest BCUT2D eigenvalue weighted by molar-refractivity contribution is 0.0453.